The normalized spacial score (nSPS) is 8.71. The number of hydrogen-bond donors (Lipinski definition) is 0. The highest BCUT2D eigenvalue weighted by atomic mass is 32.2. The first kappa shape index (κ1) is 114. The maximum atomic E-state index is 4.25. The van der Waals surface area contributed by atoms with Crippen LogP contribution in [-0.2, 0) is 4.74 Å². The molecule has 1 aliphatic rings. The van der Waals surface area contributed by atoms with Gasteiger partial charge in [0.2, 0.25) is 0 Å². The Hall–Kier alpha value is -5.15. The highest BCUT2D eigenvalue weighted by molar-refractivity contribution is 7.97. The minimum Gasteiger partial charge on any atom is -0.388 e. The van der Waals surface area contributed by atoms with Crippen LogP contribution in [0.3, 0.4) is 0 Å². The van der Waals surface area contributed by atoms with Crippen LogP contribution in [-0.4, -0.2) is 26.7 Å². The van der Waals surface area contributed by atoms with Crippen molar-refractivity contribution >= 4 is 11.8 Å². The van der Waals surface area contributed by atoms with E-state index in [2.05, 4.69) is 60.1 Å². The van der Waals surface area contributed by atoms with Gasteiger partial charge in [-0.2, -0.15) is 11.8 Å². The van der Waals surface area contributed by atoms with Crippen LogP contribution in [0.1, 0.15) is 232 Å². The van der Waals surface area contributed by atoms with E-state index in [0.717, 1.165) is 0 Å². The Labute approximate surface area is 538 Å². The fraction of sp³-hybridized carbons (Fsp3) is 0.488. The van der Waals surface area contributed by atoms with Crippen LogP contribution in [0.5, 0.6) is 0 Å². The van der Waals surface area contributed by atoms with Gasteiger partial charge in [0.1, 0.15) is 0 Å². The fourth-order valence-corrected chi connectivity index (χ4v) is 4.20. The second-order valence-electron chi connectivity index (χ2n) is 16.3. The standard InChI is InChI=1S/C8H16.7C6H6.C5H12.C3H8.C2H6O.C2H6S.10C2H6/c1-8(2)6-4-3-5-7-8;7*1-2-4-6-5-3-1;1-5(2,3)4;3*1-3-2;10*1-2/h3-7H2,1-2H3;7*1-6H;1-4H3;3H2,1-2H3;2*1-2H3;10*1-2H3. The molecule has 0 radical (unpaired) electrons. The second-order valence-corrected chi connectivity index (χ2v) is 17.1. The van der Waals surface area contributed by atoms with Crippen molar-refractivity contribution < 1.29 is 4.74 Å². The van der Waals surface area contributed by atoms with Crippen LogP contribution >= 0.6 is 11.8 Å². The number of methoxy groups -OCH3 is 1. The molecule has 84 heavy (non-hydrogen) atoms. The maximum absolute atomic E-state index is 4.25. The average Bonchev–Trinajstić information content (AvgIpc) is 3.60. The summed E-state index contributed by atoms with van der Waals surface area (Å²) in [6.07, 6.45) is 12.6. The third-order valence-corrected chi connectivity index (χ3v) is 6.87. The Morgan fingerprint density at radius 2 is 0.321 bits per heavy atom. The number of rotatable bonds is 0. The van der Waals surface area contributed by atoms with Crippen LogP contribution in [0.4, 0.5) is 0 Å². The number of hydrogen-bond acceptors (Lipinski definition) is 2. The summed E-state index contributed by atoms with van der Waals surface area (Å²) in [5.74, 6) is 0. The van der Waals surface area contributed by atoms with E-state index in [9.17, 15) is 0 Å². The molecule has 7 aromatic carbocycles. The molecule has 0 bridgehead atoms. The molecule has 0 atom stereocenters. The summed E-state index contributed by atoms with van der Waals surface area (Å²) < 4.78 is 4.25. The van der Waals surface area contributed by atoms with Crippen molar-refractivity contribution in [3.63, 3.8) is 0 Å². The maximum Gasteiger partial charge on any atom is 0.0351 e. The average molecular weight is 1180 g/mol. The molecule has 0 aliphatic heterocycles. The Kier molecular flexibility index (Phi) is 192. The van der Waals surface area contributed by atoms with Gasteiger partial charge in [-0.15, -0.1) is 0 Å². The molecule has 1 fully saturated rings. The smallest absolute Gasteiger partial charge is 0.0351 e. The van der Waals surface area contributed by atoms with Crippen molar-refractivity contribution in [3.05, 3.63) is 255 Å². The van der Waals surface area contributed by atoms with Crippen LogP contribution in [0.15, 0.2) is 255 Å². The second kappa shape index (κ2) is 142. The predicted octanol–water partition coefficient (Wildman–Crippen LogP) is 29.8. The Bertz CT molecular complexity index is 1130. The molecule has 0 spiro atoms. The van der Waals surface area contributed by atoms with Crippen LogP contribution in [0.25, 0.3) is 0 Å². The molecule has 0 aromatic heterocycles. The first-order chi connectivity index (χ1) is 40.9. The first-order valence-corrected chi connectivity index (χ1v) is 34.4. The fourth-order valence-electron chi connectivity index (χ4n) is 4.20. The van der Waals surface area contributed by atoms with E-state index in [4.69, 9.17) is 0 Å². The van der Waals surface area contributed by atoms with Gasteiger partial charge < -0.3 is 4.74 Å². The predicted molar refractivity (Wildman–Crippen MR) is 409 cm³/mol. The van der Waals surface area contributed by atoms with Crippen molar-refractivity contribution in [1.82, 2.24) is 0 Å². The quantitative estimate of drug-likeness (QED) is 0.150. The molecule has 1 aliphatic carbocycles. The van der Waals surface area contributed by atoms with Crippen LogP contribution < -0.4 is 0 Å². The summed E-state index contributed by atoms with van der Waals surface area (Å²) in [6, 6.07) is 84.0. The van der Waals surface area contributed by atoms with Gasteiger partial charge in [-0.05, 0) is 36.2 Å². The van der Waals surface area contributed by atoms with Gasteiger partial charge in [-0.3, -0.25) is 0 Å². The van der Waals surface area contributed by atoms with Crippen molar-refractivity contribution in [2.45, 2.75) is 232 Å². The lowest BCUT2D eigenvalue weighted by molar-refractivity contribution is 0.244. The van der Waals surface area contributed by atoms with Gasteiger partial charge in [0.15, 0.2) is 0 Å². The van der Waals surface area contributed by atoms with Crippen LogP contribution in [0, 0.1) is 10.8 Å². The number of thioether (sulfide) groups is 1. The SMILES string of the molecule is CC.CC.CC.CC.CC.CC.CC.CC.CC.CC.CC(C)(C)C.CC1(C)CCCCC1.CCC.COC.CSC.c1ccccc1.c1ccccc1.c1ccccc1.c1ccccc1.c1ccccc1.c1ccccc1.c1ccccc1. The number of ether oxygens (including phenoxy) is 1. The zero-order valence-electron chi connectivity index (χ0n) is 62.3. The van der Waals surface area contributed by atoms with E-state index in [1.54, 1.807) is 26.0 Å². The van der Waals surface area contributed by atoms with E-state index in [1.807, 2.05) is 406 Å². The minimum atomic E-state index is 0.500. The Balaban J connectivity index is -0.0000000519. The lowest BCUT2D eigenvalue weighted by Gasteiger charge is -2.28. The van der Waals surface area contributed by atoms with Gasteiger partial charge in [-0.25, -0.2) is 0 Å². The topological polar surface area (TPSA) is 9.23 Å². The molecule has 7 aromatic rings. The molecule has 2 heteroatoms. The van der Waals surface area contributed by atoms with Gasteiger partial charge in [-0.1, -0.05) is 474 Å². The Morgan fingerprint density at radius 3 is 0.357 bits per heavy atom. The summed E-state index contributed by atoms with van der Waals surface area (Å²) >= 11 is 1.75. The molecular formula is C82H150OS. The largest absolute Gasteiger partial charge is 0.388 e. The molecular weight excluding hydrogens is 1030 g/mol. The van der Waals surface area contributed by atoms with E-state index >= 15 is 0 Å². The molecule has 1 nitrogen and oxygen atoms in total. The lowest BCUT2D eigenvalue weighted by atomic mass is 9.78. The summed E-state index contributed by atoms with van der Waals surface area (Å²) in [7, 11) is 3.25. The summed E-state index contributed by atoms with van der Waals surface area (Å²) in [5.41, 5.74) is 1.18. The molecule has 0 saturated heterocycles. The minimum absolute atomic E-state index is 0.500. The summed E-state index contributed by atoms with van der Waals surface area (Å²) in [4.78, 5) is 0. The van der Waals surface area contributed by atoms with Crippen molar-refractivity contribution in [1.29, 1.82) is 0 Å². The van der Waals surface area contributed by atoms with Crippen LogP contribution in [0.2, 0.25) is 0 Å². The van der Waals surface area contributed by atoms with Gasteiger partial charge >= 0.3 is 0 Å². The molecule has 1 saturated carbocycles. The highest BCUT2D eigenvalue weighted by Gasteiger charge is 2.19. The van der Waals surface area contributed by atoms with E-state index < -0.39 is 0 Å². The van der Waals surface area contributed by atoms with E-state index in [1.165, 1.54) is 38.5 Å². The molecule has 0 N–H and O–H groups in total. The molecule has 8 rings (SSSR count). The lowest BCUT2D eigenvalue weighted by Crippen LogP contribution is -2.14. The monoisotopic (exact) mass is 1180 g/mol. The summed E-state index contributed by atoms with van der Waals surface area (Å²) in [5, 5.41) is 0. The first-order valence-electron chi connectivity index (χ1n) is 32.8. The summed E-state index contributed by atoms with van der Waals surface area (Å²) in [6.45, 7) is 57.8. The van der Waals surface area contributed by atoms with Crippen molar-refractivity contribution in [2.24, 2.45) is 10.8 Å². The van der Waals surface area contributed by atoms with Gasteiger partial charge in [0.05, 0.1) is 0 Å². The zero-order chi connectivity index (χ0) is 68.4. The molecule has 0 heterocycles. The highest BCUT2D eigenvalue weighted by Crippen LogP contribution is 2.34. The van der Waals surface area contributed by atoms with Crippen molar-refractivity contribution in [2.75, 3.05) is 26.7 Å². The zero-order valence-corrected chi connectivity index (χ0v) is 63.1. The number of benzene rings is 7. The molecule has 0 amide bonds. The third kappa shape index (κ3) is 201. The van der Waals surface area contributed by atoms with Gasteiger partial charge in [0.25, 0.3) is 0 Å². The Morgan fingerprint density at radius 1 is 0.262 bits per heavy atom. The van der Waals surface area contributed by atoms with E-state index in [0.29, 0.717) is 10.8 Å². The van der Waals surface area contributed by atoms with Crippen molar-refractivity contribution in [3.8, 4) is 0 Å². The molecule has 0 unspecified atom stereocenters. The van der Waals surface area contributed by atoms with E-state index in [-0.39, 0.29) is 0 Å². The van der Waals surface area contributed by atoms with Gasteiger partial charge in [0, 0.05) is 14.2 Å². The third-order valence-electron chi connectivity index (χ3n) is 6.87. The molecule has 490 valence electrons.